The number of benzene rings is 1. The van der Waals surface area contributed by atoms with Crippen LogP contribution in [0.4, 0.5) is 18.9 Å². The normalized spacial score (nSPS) is 13.4. The molecule has 0 unspecified atom stereocenters. The molecule has 0 saturated heterocycles. The van der Waals surface area contributed by atoms with Gasteiger partial charge in [-0.05, 0) is 31.5 Å². The average Bonchev–Trinajstić information content (AvgIpc) is 2.40. The van der Waals surface area contributed by atoms with Crippen molar-refractivity contribution in [2.75, 3.05) is 18.1 Å². The van der Waals surface area contributed by atoms with Gasteiger partial charge in [0.25, 0.3) is 0 Å². The maximum atomic E-state index is 12.2. The first-order chi connectivity index (χ1) is 11.0. The van der Waals surface area contributed by atoms with Crippen molar-refractivity contribution in [3.05, 3.63) is 24.3 Å². The lowest BCUT2D eigenvalue weighted by molar-refractivity contribution is -0.274. The van der Waals surface area contributed by atoms with Crippen molar-refractivity contribution in [1.82, 2.24) is 4.72 Å². The number of ether oxygens (including phenoxy) is 1. The number of nitrogens with one attached hydrogen (secondary N) is 2. The third-order valence-electron chi connectivity index (χ3n) is 2.70. The van der Waals surface area contributed by atoms with E-state index in [9.17, 15) is 26.4 Å². The van der Waals surface area contributed by atoms with Crippen molar-refractivity contribution in [3.63, 3.8) is 0 Å². The maximum absolute atomic E-state index is 12.2. The van der Waals surface area contributed by atoms with Crippen molar-refractivity contribution < 1.29 is 31.1 Å². The third-order valence-corrected chi connectivity index (χ3v) is 3.42. The van der Waals surface area contributed by atoms with Crippen LogP contribution < -0.4 is 20.5 Å². The molecule has 0 spiro atoms. The van der Waals surface area contributed by atoms with E-state index in [1.165, 1.54) is 12.1 Å². The summed E-state index contributed by atoms with van der Waals surface area (Å²) in [6.45, 7) is 0.254. The molecule has 0 fully saturated rings. The zero-order valence-corrected chi connectivity index (χ0v) is 13.6. The highest BCUT2D eigenvalue weighted by molar-refractivity contribution is 7.88. The summed E-state index contributed by atoms with van der Waals surface area (Å²) >= 11 is 0. The van der Waals surface area contributed by atoms with Gasteiger partial charge in [-0.3, -0.25) is 4.79 Å². The van der Waals surface area contributed by atoms with Gasteiger partial charge >= 0.3 is 6.36 Å². The first-order valence-electron chi connectivity index (χ1n) is 6.84. The predicted molar refractivity (Wildman–Crippen MR) is 81.8 cm³/mol. The molecular weight excluding hydrogens is 351 g/mol. The van der Waals surface area contributed by atoms with Crippen LogP contribution in [0.15, 0.2) is 24.3 Å². The minimum absolute atomic E-state index is 0.0369. The molecule has 0 aliphatic rings. The summed E-state index contributed by atoms with van der Waals surface area (Å²) in [5.74, 6) is -1.21. The molecular formula is C13H18F3N3O4S. The second kappa shape index (κ2) is 8.31. The lowest BCUT2D eigenvalue weighted by Crippen LogP contribution is -2.43. The number of hydrogen-bond donors (Lipinski definition) is 3. The fraction of sp³-hybridized carbons (Fsp3) is 0.462. The van der Waals surface area contributed by atoms with E-state index in [2.05, 4.69) is 14.8 Å². The molecule has 1 aromatic rings. The van der Waals surface area contributed by atoms with E-state index in [1.54, 1.807) is 0 Å². The molecule has 11 heteroatoms. The second-order valence-corrected chi connectivity index (χ2v) is 6.72. The summed E-state index contributed by atoms with van der Waals surface area (Å²) in [5, 5.41) is 2.35. The monoisotopic (exact) mass is 369 g/mol. The number of halogens is 3. The van der Waals surface area contributed by atoms with Gasteiger partial charge in [0.1, 0.15) is 11.8 Å². The van der Waals surface area contributed by atoms with Crippen LogP contribution in [-0.4, -0.2) is 39.5 Å². The molecule has 4 N–H and O–H groups in total. The highest BCUT2D eigenvalue weighted by atomic mass is 32.2. The molecule has 1 amide bonds. The van der Waals surface area contributed by atoms with Crippen LogP contribution in [0.2, 0.25) is 0 Å². The summed E-state index contributed by atoms with van der Waals surface area (Å²) in [5.41, 5.74) is 5.38. The van der Waals surface area contributed by atoms with Crippen molar-refractivity contribution in [3.8, 4) is 5.75 Å². The Balaban J connectivity index is 2.84. The van der Waals surface area contributed by atoms with Crippen LogP contribution in [0.5, 0.6) is 5.75 Å². The van der Waals surface area contributed by atoms with Crippen LogP contribution >= 0.6 is 0 Å². The lowest BCUT2D eigenvalue weighted by atomic mass is 10.1. The van der Waals surface area contributed by atoms with Crippen molar-refractivity contribution >= 4 is 21.6 Å². The standard InChI is InChI=1S/C13H18F3N3O4S/c1-24(21,22)19-11(6-3-7-17)12(20)18-9-4-2-5-10(8-9)23-13(14,15)16/h2,4-5,8,11,19H,3,6-7,17H2,1H3,(H,18,20)/t11-/m1/s1. The molecule has 24 heavy (non-hydrogen) atoms. The summed E-state index contributed by atoms with van der Waals surface area (Å²) < 4.78 is 65.1. The Morgan fingerprint density at radius 2 is 2.04 bits per heavy atom. The molecule has 0 aliphatic carbocycles. The summed E-state index contributed by atoms with van der Waals surface area (Å²) in [6, 6.07) is 3.57. The smallest absolute Gasteiger partial charge is 0.406 e. The van der Waals surface area contributed by atoms with Crippen LogP contribution in [-0.2, 0) is 14.8 Å². The molecule has 0 bridgehead atoms. The highest BCUT2D eigenvalue weighted by Gasteiger charge is 2.31. The minimum atomic E-state index is -4.86. The van der Waals surface area contributed by atoms with E-state index in [1.807, 2.05) is 0 Å². The molecule has 0 aromatic heterocycles. The number of anilines is 1. The van der Waals surface area contributed by atoms with Gasteiger partial charge in [-0.2, -0.15) is 0 Å². The average molecular weight is 369 g/mol. The van der Waals surface area contributed by atoms with E-state index < -0.39 is 34.1 Å². The van der Waals surface area contributed by atoms with Crippen LogP contribution in [0.3, 0.4) is 0 Å². The molecule has 1 atom stereocenters. The van der Waals surface area contributed by atoms with E-state index in [0.29, 0.717) is 6.42 Å². The molecule has 136 valence electrons. The number of alkyl halides is 3. The van der Waals surface area contributed by atoms with E-state index in [4.69, 9.17) is 5.73 Å². The Labute approximate surface area is 137 Å². The van der Waals surface area contributed by atoms with Crippen LogP contribution in [0.25, 0.3) is 0 Å². The van der Waals surface area contributed by atoms with Gasteiger partial charge in [0.2, 0.25) is 15.9 Å². The van der Waals surface area contributed by atoms with Gasteiger partial charge < -0.3 is 15.8 Å². The number of carbonyl (C=O) groups excluding carboxylic acids is 1. The van der Waals surface area contributed by atoms with Crippen LogP contribution in [0, 0.1) is 0 Å². The number of rotatable bonds is 8. The first kappa shape index (κ1) is 20.2. The van der Waals surface area contributed by atoms with Gasteiger partial charge in [0.15, 0.2) is 0 Å². The zero-order valence-electron chi connectivity index (χ0n) is 12.8. The molecule has 1 aromatic carbocycles. The van der Waals surface area contributed by atoms with E-state index in [-0.39, 0.29) is 18.7 Å². The number of nitrogens with two attached hydrogens (primary N) is 1. The number of carbonyl (C=O) groups is 1. The number of amides is 1. The Hall–Kier alpha value is -1.85. The van der Waals surface area contributed by atoms with E-state index >= 15 is 0 Å². The Bertz CT molecular complexity index is 665. The summed E-state index contributed by atoms with van der Waals surface area (Å²) in [7, 11) is -3.65. The Morgan fingerprint density at radius 3 is 2.58 bits per heavy atom. The van der Waals surface area contributed by atoms with Gasteiger partial charge in [-0.25, -0.2) is 13.1 Å². The van der Waals surface area contributed by atoms with Gasteiger partial charge in [0, 0.05) is 11.8 Å². The first-order valence-corrected chi connectivity index (χ1v) is 8.73. The predicted octanol–water partition coefficient (Wildman–Crippen LogP) is 1.18. The van der Waals surface area contributed by atoms with Crippen molar-refractivity contribution in [2.45, 2.75) is 25.2 Å². The highest BCUT2D eigenvalue weighted by Crippen LogP contribution is 2.25. The SMILES string of the molecule is CS(=O)(=O)N[C@H](CCCN)C(=O)Nc1cccc(OC(F)(F)F)c1. The van der Waals surface area contributed by atoms with Crippen molar-refractivity contribution in [2.24, 2.45) is 5.73 Å². The zero-order chi connectivity index (χ0) is 18.4. The quantitative estimate of drug-likeness (QED) is 0.637. The van der Waals surface area contributed by atoms with Crippen LogP contribution in [0.1, 0.15) is 12.8 Å². The molecule has 0 radical (unpaired) electrons. The minimum Gasteiger partial charge on any atom is -0.406 e. The largest absolute Gasteiger partial charge is 0.573 e. The summed E-state index contributed by atoms with van der Waals surface area (Å²) in [6.07, 6.45) is -3.43. The maximum Gasteiger partial charge on any atom is 0.573 e. The van der Waals surface area contributed by atoms with Crippen molar-refractivity contribution in [1.29, 1.82) is 0 Å². The van der Waals surface area contributed by atoms with E-state index in [0.717, 1.165) is 18.4 Å². The van der Waals surface area contributed by atoms with Gasteiger partial charge in [-0.1, -0.05) is 6.07 Å². The lowest BCUT2D eigenvalue weighted by Gasteiger charge is -2.17. The topological polar surface area (TPSA) is 111 Å². The third kappa shape index (κ3) is 8.13. The fourth-order valence-electron chi connectivity index (χ4n) is 1.82. The molecule has 0 saturated carbocycles. The number of hydrogen-bond acceptors (Lipinski definition) is 5. The summed E-state index contributed by atoms with van der Waals surface area (Å²) in [4.78, 5) is 12.2. The Morgan fingerprint density at radius 1 is 1.38 bits per heavy atom. The molecule has 1 rings (SSSR count). The second-order valence-electron chi connectivity index (χ2n) is 4.94. The van der Waals surface area contributed by atoms with Gasteiger partial charge in [-0.15, -0.1) is 13.2 Å². The van der Waals surface area contributed by atoms with Gasteiger partial charge in [0.05, 0.1) is 6.26 Å². The molecule has 0 aliphatic heterocycles. The fourth-order valence-corrected chi connectivity index (χ4v) is 2.57. The Kier molecular flexibility index (Phi) is 6.99. The number of sulfonamides is 1. The molecule has 7 nitrogen and oxygen atoms in total. The molecule has 0 heterocycles.